The van der Waals surface area contributed by atoms with Gasteiger partial charge in [0, 0.05) is 0 Å². The average Bonchev–Trinajstić information content (AvgIpc) is 2.74. The molecule has 0 saturated carbocycles. The van der Waals surface area contributed by atoms with E-state index in [9.17, 15) is 0 Å². The van der Waals surface area contributed by atoms with Crippen LogP contribution in [0, 0.1) is 11.8 Å². The fourth-order valence-electron chi connectivity index (χ4n) is 4.58. The number of unbranched alkanes of at least 4 members (excludes halogenated alkanes) is 5. The average molecular weight is 385 g/mol. The van der Waals surface area contributed by atoms with Gasteiger partial charge in [-0.2, -0.15) is 0 Å². The summed E-state index contributed by atoms with van der Waals surface area (Å²) < 4.78 is 5.92. The molecule has 0 aliphatic heterocycles. The van der Waals surface area contributed by atoms with Crippen LogP contribution < -0.4 is 4.74 Å². The summed E-state index contributed by atoms with van der Waals surface area (Å²) in [7, 11) is 0. The third-order valence-electron chi connectivity index (χ3n) is 6.41. The summed E-state index contributed by atoms with van der Waals surface area (Å²) in [6, 6.07) is 10.3. The zero-order chi connectivity index (χ0) is 19.9. The maximum absolute atomic E-state index is 5.92. The molecule has 0 spiro atoms. The van der Waals surface area contributed by atoms with Gasteiger partial charge >= 0.3 is 0 Å². The summed E-state index contributed by atoms with van der Waals surface area (Å²) in [6.45, 7) is 5.47. The molecule has 0 bridgehead atoms. The first-order valence-electron chi connectivity index (χ1n) is 12.2. The molecule has 2 atom stereocenters. The van der Waals surface area contributed by atoms with Crippen molar-refractivity contribution in [2.24, 2.45) is 11.8 Å². The zero-order valence-corrected chi connectivity index (χ0v) is 18.6. The first kappa shape index (κ1) is 23.0. The number of benzene rings is 1. The Morgan fingerprint density at radius 1 is 0.893 bits per heavy atom. The van der Waals surface area contributed by atoms with Gasteiger partial charge in [-0.05, 0) is 62.5 Å². The standard InChI is InChI=1S/C27H44O/c1-3-5-7-8-10-14-24-19-21-26(22-20-24)25(15-6-4-2)16-13-23-28-27-17-11-9-12-18-27/h9,11-12,17-18,21,24-25H,3-8,10,13-16,19-20,22-23H2,1-2H3. The van der Waals surface area contributed by atoms with Crippen LogP contribution in [0.3, 0.4) is 0 Å². The minimum absolute atomic E-state index is 0.796. The van der Waals surface area contributed by atoms with Crippen LogP contribution >= 0.6 is 0 Å². The van der Waals surface area contributed by atoms with E-state index in [0.29, 0.717) is 0 Å². The third-order valence-corrected chi connectivity index (χ3v) is 6.41. The van der Waals surface area contributed by atoms with Gasteiger partial charge in [0.15, 0.2) is 0 Å². The fourth-order valence-corrected chi connectivity index (χ4v) is 4.58. The van der Waals surface area contributed by atoms with Gasteiger partial charge in [0.2, 0.25) is 0 Å². The zero-order valence-electron chi connectivity index (χ0n) is 18.6. The van der Waals surface area contributed by atoms with Crippen molar-refractivity contribution in [3.8, 4) is 5.75 Å². The third kappa shape index (κ3) is 9.30. The van der Waals surface area contributed by atoms with Crippen LogP contribution in [0.2, 0.25) is 0 Å². The molecule has 0 fully saturated rings. The quantitative estimate of drug-likeness (QED) is 0.217. The largest absolute Gasteiger partial charge is 0.494 e. The molecule has 1 nitrogen and oxygen atoms in total. The number of hydrogen-bond donors (Lipinski definition) is 0. The molecule has 2 rings (SSSR count). The van der Waals surface area contributed by atoms with Crippen LogP contribution in [0.5, 0.6) is 5.75 Å². The normalized spacial score (nSPS) is 17.9. The molecule has 2 unspecified atom stereocenters. The highest BCUT2D eigenvalue weighted by atomic mass is 16.5. The highest BCUT2D eigenvalue weighted by molar-refractivity contribution is 5.20. The van der Waals surface area contributed by atoms with Crippen molar-refractivity contribution in [1.29, 1.82) is 0 Å². The molecule has 0 saturated heterocycles. The van der Waals surface area contributed by atoms with Crippen LogP contribution in [-0.4, -0.2) is 6.61 Å². The first-order valence-corrected chi connectivity index (χ1v) is 12.2. The van der Waals surface area contributed by atoms with Crippen LogP contribution in [-0.2, 0) is 0 Å². The van der Waals surface area contributed by atoms with Gasteiger partial charge in [0.1, 0.15) is 5.75 Å². The van der Waals surface area contributed by atoms with Gasteiger partial charge in [-0.25, -0.2) is 0 Å². The van der Waals surface area contributed by atoms with E-state index in [0.717, 1.165) is 24.2 Å². The monoisotopic (exact) mass is 384 g/mol. The SMILES string of the molecule is CCCCCCCC1CC=C(C(CCCC)CCCOc2ccccc2)CC1. The lowest BCUT2D eigenvalue weighted by Gasteiger charge is -2.27. The number of ether oxygens (including phenoxy) is 1. The van der Waals surface area contributed by atoms with E-state index in [4.69, 9.17) is 4.74 Å². The summed E-state index contributed by atoms with van der Waals surface area (Å²) >= 11 is 0. The summed E-state index contributed by atoms with van der Waals surface area (Å²) in [5, 5.41) is 0. The van der Waals surface area contributed by atoms with Gasteiger partial charge in [-0.15, -0.1) is 0 Å². The van der Waals surface area contributed by atoms with E-state index in [2.05, 4.69) is 32.1 Å². The Morgan fingerprint density at radius 2 is 1.64 bits per heavy atom. The fraction of sp³-hybridized carbons (Fsp3) is 0.704. The predicted molar refractivity (Wildman–Crippen MR) is 123 cm³/mol. The smallest absolute Gasteiger partial charge is 0.119 e. The van der Waals surface area contributed by atoms with Crippen molar-refractivity contribution in [3.63, 3.8) is 0 Å². The lowest BCUT2D eigenvalue weighted by Crippen LogP contribution is -2.13. The molecule has 0 heterocycles. The second-order valence-corrected chi connectivity index (χ2v) is 8.77. The molecule has 28 heavy (non-hydrogen) atoms. The van der Waals surface area contributed by atoms with Crippen LogP contribution in [0.1, 0.15) is 104 Å². The van der Waals surface area contributed by atoms with Gasteiger partial charge in [-0.1, -0.05) is 95.1 Å². The van der Waals surface area contributed by atoms with Gasteiger partial charge < -0.3 is 4.74 Å². The maximum Gasteiger partial charge on any atom is 0.119 e. The van der Waals surface area contributed by atoms with Crippen molar-refractivity contribution in [1.82, 2.24) is 0 Å². The molecule has 0 aromatic heterocycles. The molecule has 158 valence electrons. The Kier molecular flexibility index (Phi) is 12.1. The Bertz CT molecular complexity index is 518. The number of allylic oxidation sites excluding steroid dienone is 2. The molecule has 0 amide bonds. The maximum atomic E-state index is 5.92. The van der Waals surface area contributed by atoms with E-state index in [1.54, 1.807) is 5.57 Å². The van der Waals surface area contributed by atoms with Crippen molar-refractivity contribution in [2.45, 2.75) is 104 Å². The molecule has 0 radical (unpaired) electrons. The van der Waals surface area contributed by atoms with Crippen LogP contribution in [0.15, 0.2) is 42.0 Å². The van der Waals surface area contributed by atoms with E-state index < -0.39 is 0 Å². The first-order chi connectivity index (χ1) is 13.8. The molecule has 1 aromatic carbocycles. The van der Waals surface area contributed by atoms with E-state index in [1.807, 2.05) is 18.2 Å². The highest BCUT2D eigenvalue weighted by Gasteiger charge is 2.20. The number of hydrogen-bond acceptors (Lipinski definition) is 1. The Labute approximate surface area is 175 Å². The van der Waals surface area contributed by atoms with E-state index in [-0.39, 0.29) is 0 Å². The molecule has 1 aliphatic rings. The molecule has 0 N–H and O–H groups in total. The van der Waals surface area contributed by atoms with E-state index in [1.165, 1.54) is 89.9 Å². The lowest BCUT2D eigenvalue weighted by molar-refractivity contribution is 0.291. The van der Waals surface area contributed by atoms with Gasteiger partial charge in [-0.3, -0.25) is 0 Å². The molecular formula is C27H44O. The van der Waals surface area contributed by atoms with Crippen molar-refractivity contribution < 1.29 is 4.74 Å². The Hall–Kier alpha value is -1.24. The van der Waals surface area contributed by atoms with Crippen molar-refractivity contribution >= 4 is 0 Å². The molecule has 1 aliphatic carbocycles. The van der Waals surface area contributed by atoms with Crippen molar-refractivity contribution in [3.05, 3.63) is 42.0 Å². The minimum Gasteiger partial charge on any atom is -0.494 e. The highest BCUT2D eigenvalue weighted by Crippen LogP contribution is 2.35. The second kappa shape index (κ2) is 14.7. The summed E-state index contributed by atoms with van der Waals surface area (Å²) in [6.07, 6.45) is 21.8. The lowest BCUT2D eigenvalue weighted by atomic mass is 9.79. The topological polar surface area (TPSA) is 9.23 Å². The summed E-state index contributed by atoms with van der Waals surface area (Å²) in [5.74, 6) is 2.76. The van der Waals surface area contributed by atoms with Crippen LogP contribution in [0.4, 0.5) is 0 Å². The van der Waals surface area contributed by atoms with Gasteiger partial charge in [0.05, 0.1) is 6.61 Å². The summed E-state index contributed by atoms with van der Waals surface area (Å²) in [5.41, 5.74) is 1.77. The minimum atomic E-state index is 0.796. The van der Waals surface area contributed by atoms with Crippen molar-refractivity contribution in [2.75, 3.05) is 6.61 Å². The predicted octanol–water partition coefficient (Wildman–Crippen LogP) is 8.74. The Balaban J connectivity index is 1.70. The summed E-state index contributed by atoms with van der Waals surface area (Å²) in [4.78, 5) is 0. The number of rotatable bonds is 15. The van der Waals surface area contributed by atoms with E-state index >= 15 is 0 Å². The van der Waals surface area contributed by atoms with Crippen LogP contribution in [0.25, 0.3) is 0 Å². The molecule has 1 aromatic rings. The second-order valence-electron chi connectivity index (χ2n) is 8.77. The number of para-hydroxylation sites is 1. The Morgan fingerprint density at radius 3 is 2.36 bits per heavy atom. The molecule has 1 heteroatoms. The molecular weight excluding hydrogens is 340 g/mol. The van der Waals surface area contributed by atoms with Gasteiger partial charge in [0.25, 0.3) is 0 Å².